The minimum Gasteiger partial charge on any atom is -0.370 e. The molecule has 0 spiro atoms. The van der Waals surface area contributed by atoms with Gasteiger partial charge in [-0.15, -0.1) is 0 Å². The van der Waals surface area contributed by atoms with E-state index >= 15 is 0 Å². The van der Waals surface area contributed by atoms with Crippen molar-refractivity contribution in [1.29, 1.82) is 0 Å². The Morgan fingerprint density at radius 2 is 2.29 bits per heavy atom. The summed E-state index contributed by atoms with van der Waals surface area (Å²) in [5, 5.41) is 3.63. The van der Waals surface area contributed by atoms with Crippen LogP contribution in [0.25, 0.3) is 0 Å². The second kappa shape index (κ2) is 7.64. The van der Waals surface area contributed by atoms with Crippen molar-refractivity contribution in [3.63, 3.8) is 0 Å². The number of rotatable bonds is 4. The minimum absolute atomic E-state index is 0.0244. The molecule has 1 atom stereocenters. The second-order valence-electron chi connectivity index (χ2n) is 5.67. The quantitative estimate of drug-likeness (QED) is 0.915. The Balaban J connectivity index is 2.20. The highest BCUT2D eigenvalue weighted by molar-refractivity contribution is 6.33. The number of likely N-dealkylation sites (tertiary alicyclic amines) is 1. The molecule has 1 aromatic rings. The zero-order valence-electron chi connectivity index (χ0n) is 12.9. The van der Waals surface area contributed by atoms with Gasteiger partial charge < -0.3 is 10.2 Å². The molecule has 116 valence electrons. The normalized spacial score (nSPS) is 19.2. The molecule has 0 radical (unpaired) electrons. The Hall–Kier alpha value is -1.29. The average molecular weight is 310 g/mol. The average Bonchev–Trinajstić information content (AvgIpc) is 2.70. The molecule has 2 rings (SSSR count). The lowest BCUT2D eigenvalue weighted by Gasteiger charge is -2.27. The number of pyridine rings is 1. The first kappa shape index (κ1) is 16.1. The van der Waals surface area contributed by atoms with E-state index in [-0.39, 0.29) is 11.9 Å². The van der Waals surface area contributed by atoms with Gasteiger partial charge in [0.2, 0.25) is 0 Å². The Labute approximate surface area is 131 Å². The Kier molecular flexibility index (Phi) is 5.85. The lowest BCUT2D eigenvalue weighted by Crippen LogP contribution is -2.38. The van der Waals surface area contributed by atoms with Gasteiger partial charge in [0.1, 0.15) is 5.82 Å². The third-order valence-electron chi connectivity index (χ3n) is 3.96. The highest BCUT2D eigenvalue weighted by atomic mass is 35.5. The molecule has 0 saturated carbocycles. The Bertz CT molecular complexity index is 492. The minimum atomic E-state index is 0.0244. The topological polar surface area (TPSA) is 45.2 Å². The second-order valence-corrected chi connectivity index (χ2v) is 6.08. The molecule has 1 saturated heterocycles. The van der Waals surface area contributed by atoms with Crippen LogP contribution in [0.1, 0.15) is 56.3 Å². The summed E-state index contributed by atoms with van der Waals surface area (Å²) in [5.74, 6) is 0.739. The van der Waals surface area contributed by atoms with Crippen LogP contribution < -0.4 is 5.32 Å². The van der Waals surface area contributed by atoms with Crippen molar-refractivity contribution < 1.29 is 4.79 Å². The van der Waals surface area contributed by atoms with Gasteiger partial charge in [-0.05, 0) is 32.3 Å². The van der Waals surface area contributed by atoms with E-state index in [2.05, 4.69) is 24.1 Å². The van der Waals surface area contributed by atoms with Gasteiger partial charge in [0.25, 0.3) is 5.91 Å². The standard InChI is InChI=1S/C16H24ClN3O/c1-3-8-18-15-10-13(14(17)11-19-15)16(21)20-9-6-4-5-7-12(20)2/h10-12H,3-9H2,1-2H3,(H,18,19). The summed E-state index contributed by atoms with van der Waals surface area (Å²) in [5.41, 5.74) is 0.555. The molecule has 1 aromatic heterocycles. The number of nitrogens with zero attached hydrogens (tertiary/aromatic N) is 2. The number of anilines is 1. The monoisotopic (exact) mass is 309 g/mol. The van der Waals surface area contributed by atoms with Gasteiger partial charge in [-0.2, -0.15) is 0 Å². The number of carbonyl (C=O) groups is 1. The molecule has 1 amide bonds. The number of nitrogens with one attached hydrogen (secondary N) is 1. The third-order valence-corrected chi connectivity index (χ3v) is 4.26. The Morgan fingerprint density at radius 1 is 1.48 bits per heavy atom. The maximum Gasteiger partial charge on any atom is 0.255 e. The van der Waals surface area contributed by atoms with E-state index in [9.17, 15) is 4.79 Å². The third kappa shape index (κ3) is 4.10. The van der Waals surface area contributed by atoms with Crippen LogP contribution in [-0.4, -0.2) is 34.9 Å². The number of carbonyl (C=O) groups excluding carboxylic acids is 1. The van der Waals surface area contributed by atoms with Gasteiger partial charge in [0, 0.05) is 25.3 Å². The number of halogens is 1. The summed E-state index contributed by atoms with van der Waals surface area (Å²) in [7, 11) is 0. The fraction of sp³-hybridized carbons (Fsp3) is 0.625. The van der Waals surface area contributed by atoms with Crippen LogP contribution in [0.5, 0.6) is 0 Å². The van der Waals surface area contributed by atoms with E-state index in [1.165, 1.54) is 12.8 Å². The highest BCUT2D eigenvalue weighted by Crippen LogP contribution is 2.24. The maximum atomic E-state index is 12.8. The summed E-state index contributed by atoms with van der Waals surface area (Å²) in [6, 6.07) is 2.05. The predicted octanol–water partition coefficient (Wildman–Crippen LogP) is 3.96. The van der Waals surface area contributed by atoms with Crippen molar-refractivity contribution >= 4 is 23.3 Å². The fourth-order valence-electron chi connectivity index (χ4n) is 2.68. The van der Waals surface area contributed by atoms with E-state index in [1.54, 1.807) is 12.3 Å². The molecule has 21 heavy (non-hydrogen) atoms. The summed E-state index contributed by atoms with van der Waals surface area (Å²) in [6.07, 6.45) is 7.10. The van der Waals surface area contributed by atoms with Gasteiger partial charge in [-0.3, -0.25) is 4.79 Å². The van der Waals surface area contributed by atoms with Gasteiger partial charge >= 0.3 is 0 Å². The fourth-order valence-corrected chi connectivity index (χ4v) is 2.87. The molecule has 1 fully saturated rings. The number of aromatic nitrogens is 1. The summed E-state index contributed by atoms with van der Waals surface area (Å²) in [6.45, 7) is 5.86. The largest absolute Gasteiger partial charge is 0.370 e. The summed E-state index contributed by atoms with van der Waals surface area (Å²) >= 11 is 6.20. The Morgan fingerprint density at radius 3 is 3.05 bits per heavy atom. The van der Waals surface area contributed by atoms with Crippen LogP contribution in [-0.2, 0) is 0 Å². The van der Waals surface area contributed by atoms with Gasteiger partial charge in [0.15, 0.2) is 0 Å². The van der Waals surface area contributed by atoms with Gasteiger partial charge in [-0.1, -0.05) is 31.4 Å². The van der Waals surface area contributed by atoms with E-state index in [4.69, 9.17) is 11.6 Å². The molecular formula is C16H24ClN3O. The number of hydrogen-bond donors (Lipinski definition) is 1. The van der Waals surface area contributed by atoms with Gasteiger partial charge in [0.05, 0.1) is 10.6 Å². The van der Waals surface area contributed by atoms with Crippen molar-refractivity contribution in [2.45, 2.75) is 52.0 Å². The van der Waals surface area contributed by atoms with Crippen LogP contribution in [0.4, 0.5) is 5.82 Å². The van der Waals surface area contributed by atoms with Crippen molar-refractivity contribution in [3.8, 4) is 0 Å². The first-order valence-corrected chi connectivity index (χ1v) is 8.21. The lowest BCUT2D eigenvalue weighted by atomic mass is 10.1. The molecular weight excluding hydrogens is 286 g/mol. The van der Waals surface area contributed by atoms with Crippen LogP contribution in [0.15, 0.2) is 12.3 Å². The zero-order chi connectivity index (χ0) is 15.2. The molecule has 1 N–H and O–H groups in total. The first-order chi connectivity index (χ1) is 10.1. The number of hydrogen-bond acceptors (Lipinski definition) is 3. The maximum absolute atomic E-state index is 12.8. The smallest absolute Gasteiger partial charge is 0.255 e. The van der Waals surface area contributed by atoms with Crippen LogP contribution in [0.2, 0.25) is 5.02 Å². The lowest BCUT2D eigenvalue weighted by molar-refractivity contribution is 0.0698. The predicted molar refractivity (Wildman–Crippen MR) is 87.0 cm³/mol. The van der Waals surface area contributed by atoms with E-state index in [1.807, 2.05) is 4.90 Å². The molecule has 4 nitrogen and oxygen atoms in total. The SMILES string of the molecule is CCCNc1cc(C(=O)N2CCCCCC2C)c(Cl)cn1. The molecule has 0 aliphatic carbocycles. The molecule has 5 heteroatoms. The number of amides is 1. The molecule has 1 aliphatic heterocycles. The zero-order valence-corrected chi connectivity index (χ0v) is 13.6. The van der Waals surface area contributed by atoms with Crippen LogP contribution in [0.3, 0.4) is 0 Å². The van der Waals surface area contributed by atoms with Crippen LogP contribution in [0, 0.1) is 0 Å². The van der Waals surface area contributed by atoms with Crippen molar-refractivity contribution in [2.24, 2.45) is 0 Å². The van der Waals surface area contributed by atoms with E-state index in [0.717, 1.165) is 32.4 Å². The molecule has 0 aromatic carbocycles. The summed E-state index contributed by atoms with van der Waals surface area (Å²) in [4.78, 5) is 19.0. The van der Waals surface area contributed by atoms with Crippen molar-refractivity contribution in [3.05, 3.63) is 22.8 Å². The molecule has 1 aliphatic rings. The molecule has 0 bridgehead atoms. The first-order valence-electron chi connectivity index (χ1n) is 7.84. The molecule has 1 unspecified atom stereocenters. The highest BCUT2D eigenvalue weighted by Gasteiger charge is 2.25. The van der Waals surface area contributed by atoms with Gasteiger partial charge in [-0.25, -0.2) is 4.98 Å². The van der Waals surface area contributed by atoms with Crippen molar-refractivity contribution in [2.75, 3.05) is 18.4 Å². The van der Waals surface area contributed by atoms with E-state index in [0.29, 0.717) is 16.4 Å². The van der Waals surface area contributed by atoms with E-state index < -0.39 is 0 Å². The van der Waals surface area contributed by atoms with Crippen LogP contribution >= 0.6 is 11.6 Å². The summed E-state index contributed by atoms with van der Waals surface area (Å²) < 4.78 is 0. The van der Waals surface area contributed by atoms with Crippen molar-refractivity contribution in [1.82, 2.24) is 9.88 Å². The molecule has 2 heterocycles.